The normalized spacial score (nSPS) is 15.2. The second-order valence-corrected chi connectivity index (χ2v) is 5.48. The van der Waals surface area contributed by atoms with Crippen LogP contribution in [0, 0.1) is 0 Å². The van der Waals surface area contributed by atoms with Crippen molar-refractivity contribution in [3.8, 4) is 0 Å². The zero-order chi connectivity index (χ0) is 13.1. The fourth-order valence-corrected chi connectivity index (χ4v) is 2.95. The maximum Gasteiger partial charge on any atom is 0.0270 e. The van der Waals surface area contributed by atoms with E-state index in [-0.39, 0.29) is 6.04 Å². The molecular weight excluding hydrogens is 232 g/mol. The lowest BCUT2D eigenvalue weighted by Gasteiger charge is -2.12. The summed E-state index contributed by atoms with van der Waals surface area (Å²) in [7, 11) is 0. The standard InChI is InChI=1S/C17H20N2/c18-17(11-13-6-8-19-9-7-13)12-14-4-5-15-2-1-3-16(15)10-14/h4-10,17H,1-3,11-12,18H2. The molecule has 1 aromatic heterocycles. The quantitative estimate of drug-likeness (QED) is 0.908. The van der Waals surface area contributed by atoms with Gasteiger partial charge in [0.1, 0.15) is 0 Å². The molecule has 98 valence electrons. The van der Waals surface area contributed by atoms with E-state index in [2.05, 4.69) is 23.2 Å². The Kier molecular flexibility index (Phi) is 3.60. The molecule has 19 heavy (non-hydrogen) atoms. The SMILES string of the molecule is NC(Cc1ccncc1)Cc1ccc2c(c1)CCC2. The maximum atomic E-state index is 6.26. The molecule has 0 aliphatic heterocycles. The zero-order valence-electron chi connectivity index (χ0n) is 11.2. The molecule has 0 saturated carbocycles. The van der Waals surface area contributed by atoms with Gasteiger partial charge in [0, 0.05) is 18.4 Å². The van der Waals surface area contributed by atoms with Crippen molar-refractivity contribution in [1.82, 2.24) is 4.98 Å². The van der Waals surface area contributed by atoms with Crippen molar-refractivity contribution in [2.24, 2.45) is 5.73 Å². The molecule has 2 heteroatoms. The number of fused-ring (bicyclic) bond motifs is 1. The highest BCUT2D eigenvalue weighted by atomic mass is 14.6. The summed E-state index contributed by atoms with van der Waals surface area (Å²) >= 11 is 0. The van der Waals surface area contributed by atoms with Crippen LogP contribution < -0.4 is 5.73 Å². The first-order valence-corrected chi connectivity index (χ1v) is 7.06. The summed E-state index contributed by atoms with van der Waals surface area (Å²) in [6.45, 7) is 0. The average Bonchev–Trinajstić information content (AvgIpc) is 2.87. The summed E-state index contributed by atoms with van der Waals surface area (Å²) in [6, 6.07) is 11.2. The minimum Gasteiger partial charge on any atom is -0.327 e. The Balaban J connectivity index is 1.65. The van der Waals surface area contributed by atoms with Crippen molar-refractivity contribution in [2.75, 3.05) is 0 Å². The molecule has 1 heterocycles. The van der Waals surface area contributed by atoms with E-state index < -0.39 is 0 Å². The summed E-state index contributed by atoms with van der Waals surface area (Å²) in [4.78, 5) is 4.04. The third-order valence-corrected chi connectivity index (χ3v) is 3.91. The summed E-state index contributed by atoms with van der Waals surface area (Å²) in [5.74, 6) is 0. The number of pyridine rings is 1. The molecular formula is C17H20N2. The Bertz CT molecular complexity index is 548. The number of rotatable bonds is 4. The maximum absolute atomic E-state index is 6.26. The Morgan fingerprint density at radius 1 is 0.947 bits per heavy atom. The van der Waals surface area contributed by atoms with Crippen LogP contribution in [0.1, 0.15) is 28.7 Å². The van der Waals surface area contributed by atoms with Crippen LogP contribution in [0.3, 0.4) is 0 Å². The highest BCUT2D eigenvalue weighted by Gasteiger charge is 2.12. The summed E-state index contributed by atoms with van der Waals surface area (Å²) in [5.41, 5.74) is 12.0. The van der Waals surface area contributed by atoms with E-state index in [4.69, 9.17) is 5.73 Å². The Morgan fingerprint density at radius 2 is 1.68 bits per heavy atom. The fraction of sp³-hybridized carbons (Fsp3) is 0.353. The average molecular weight is 252 g/mol. The molecule has 2 aromatic rings. The number of nitrogens with zero attached hydrogens (tertiary/aromatic N) is 1. The minimum atomic E-state index is 0.182. The molecule has 1 aliphatic carbocycles. The van der Waals surface area contributed by atoms with Gasteiger partial charge in [-0.2, -0.15) is 0 Å². The number of hydrogen-bond acceptors (Lipinski definition) is 2. The van der Waals surface area contributed by atoms with Crippen LogP contribution in [0.25, 0.3) is 0 Å². The molecule has 1 aromatic carbocycles. The van der Waals surface area contributed by atoms with Crippen LogP contribution in [0.5, 0.6) is 0 Å². The summed E-state index contributed by atoms with van der Waals surface area (Å²) < 4.78 is 0. The predicted octanol–water partition coefficient (Wildman–Crippen LogP) is 2.68. The van der Waals surface area contributed by atoms with E-state index in [1.807, 2.05) is 24.5 Å². The van der Waals surface area contributed by atoms with Crippen LogP contribution in [0.2, 0.25) is 0 Å². The molecule has 0 saturated heterocycles. The Morgan fingerprint density at radius 3 is 2.53 bits per heavy atom. The number of aryl methyl sites for hydroxylation is 2. The van der Waals surface area contributed by atoms with Gasteiger partial charge in [0.2, 0.25) is 0 Å². The van der Waals surface area contributed by atoms with Crippen LogP contribution in [-0.4, -0.2) is 11.0 Å². The van der Waals surface area contributed by atoms with Gasteiger partial charge in [0.15, 0.2) is 0 Å². The van der Waals surface area contributed by atoms with Crippen LogP contribution in [0.15, 0.2) is 42.7 Å². The van der Waals surface area contributed by atoms with Gasteiger partial charge in [-0.25, -0.2) is 0 Å². The van der Waals surface area contributed by atoms with Crippen molar-refractivity contribution in [3.05, 3.63) is 65.0 Å². The monoisotopic (exact) mass is 252 g/mol. The first-order valence-electron chi connectivity index (χ1n) is 7.06. The lowest BCUT2D eigenvalue weighted by Crippen LogP contribution is -2.25. The molecule has 0 spiro atoms. The van der Waals surface area contributed by atoms with Crippen molar-refractivity contribution >= 4 is 0 Å². The lowest BCUT2D eigenvalue weighted by molar-refractivity contribution is 0.664. The second-order valence-electron chi connectivity index (χ2n) is 5.48. The molecule has 1 aliphatic rings. The molecule has 2 N–H and O–H groups in total. The number of hydrogen-bond donors (Lipinski definition) is 1. The van der Waals surface area contributed by atoms with Crippen LogP contribution in [-0.2, 0) is 25.7 Å². The van der Waals surface area contributed by atoms with Gasteiger partial charge in [-0.05, 0) is 66.5 Å². The van der Waals surface area contributed by atoms with Gasteiger partial charge < -0.3 is 5.73 Å². The first kappa shape index (κ1) is 12.4. The van der Waals surface area contributed by atoms with Crippen molar-refractivity contribution in [2.45, 2.75) is 38.1 Å². The van der Waals surface area contributed by atoms with Gasteiger partial charge in [-0.15, -0.1) is 0 Å². The first-order chi connectivity index (χ1) is 9.31. The van der Waals surface area contributed by atoms with Crippen LogP contribution >= 0.6 is 0 Å². The van der Waals surface area contributed by atoms with Crippen LogP contribution in [0.4, 0.5) is 0 Å². The van der Waals surface area contributed by atoms with E-state index in [9.17, 15) is 0 Å². The van der Waals surface area contributed by atoms with Crippen molar-refractivity contribution < 1.29 is 0 Å². The molecule has 0 fully saturated rings. The molecule has 0 amide bonds. The van der Waals surface area contributed by atoms with E-state index in [0.29, 0.717) is 0 Å². The number of aromatic nitrogens is 1. The molecule has 3 rings (SSSR count). The molecule has 1 atom stereocenters. The van der Waals surface area contributed by atoms with E-state index in [1.165, 1.54) is 41.5 Å². The van der Waals surface area contributed by atoms with E-state index >= 15 is 0 Å². The van der Waals surface area contributed by atoms with E-state index in [1.54, 1.807) is 0 Å². The van der Waals surface area contributed by atoms with Crippen molar-refractivity contribution in [1.29, 1.82) is 0 Å². The van der Waals surface area contributed by atoms with Gasteiger partial charge >= 0.3 is 0 Å². The third kappa shape index (κ3) is 3.02. The van der Waals surface area contributed by atoms with Gasteiger partial charge in [-0.1, -0.05) is 18.2 Å². The number of nitrogens with two attached hydrogens (primary N) is 1. The zero-order valence-corrected chi connectivity index (χ0v) is 11.2. The summed E-state index contributed by atoms with van der Waals surface area (Å²) in [5, 5.41) is 0. The smallest absolute Gasteiger partial charge is 0.0270 e. The van der Waals surface area contributed by atoms with Gasteiger partial charge in [-0.3, -0.25) is 4.98 Å². The lowest BCUT2D eigenvalue weighted by atomic mass is 9.98. The second kappa shape index (κ2) is 5.54. The highest BCUT2D eigenvalue weighted by molar-refractivity contribution is 5.35. The number of benzene rings is 1. The van der Waals surface area contributed by atoms with Gasteiger partial charge in [0.05, 0.1) is 0 Å². The highest BCUT2D eigenvalue weighted by Crippen LogP contribution is 2.23. The van der Waals surface area contributed by atoms with Gasteiger partial charge in [0.25, 0.3) is 0 Å². The Hall–Kier alpha value is -1.67. The van der Waals surface area contributed by atoms with E-state index in [0.717, 1.165) is 12.8 Å². The topological polar surface area (TPSA) is 38.9 Å². The minimum absolute atomic E-state index is 0.182. The largest absolute Gasteiger partial charge is 0.327 e. The summed E-state index contributed by atoms with van der Waals surface area (Å²) in [6.07, 6.45) is 9.33. The molecule has 0 radical (unpaired) electrons. The third-order valence-electron chi connectivity index (χ3n) is 3.91. The predicted molar refractivity (Wildman–Crippen MR) is 78.1 cm³/mol. The molecule has 2 nitrogen and oxygen atoms in total. The Labute approximate surface area is 114 Å². The fourth-order valence-electron chi connectivity index (χ4n) is 2.95. The molecule has 1 unspecified atom stereocenters. The molecule has 0 bridgehead atoms. The van der Waals surface area contributed by atoms with Crippen molar-refractivity contribution in [3.63, 3.8) is 0 Å².